The Bertz CT molecular complexity index is 768. The molecule has 0 saturated carbocycles. The lowest BCUT2D eigenvalue weighted by Crippen LogP contribution is -2.33. The summed E-state index contributed by atoms with van der Waals surface area (Å²) in [7, 11) is -1.17. The molecule has 1 unspecified atom stereocenters. The standard InChI is InChI=1S/C16H15BFNO5/c18-14-5-10-8-24-17(23)13(10)6-12(14)16(22)19-7-15(21)9-1-3-11(20)4-2-9/h1-6,15,20-21,23H,7-8H2,(H,19,22). The Morgan fingerprint density at radius 2 is 2.04 bits per heavy atom. The molecule has 1 aliphatic rings. The summed E-state index contributed by atoms with van der Waals surface area (Å²) in [5, 5.41) is 31.3. The molecule has 0 spiro atoms. The van der Waals surface area contributed by atoms with Crippen LogP contribution < -0.4 is 10.8 Å². The first-order valence-electron chi connectivity index (χ1n) is 7.33. The van der Waals surface area contributed by atoms with Crippen LogP contribution in [0.5, 0.6) is 5.75 Å². The minimum Gasteiger partial charge on any atom is -0.508 e. The highest BCUT2D eigenvalue weighted by atomic mass is 19.1. The van der Waals surface area contributed by atoms with Crippen molar-refractivity contribution >= 4 is 18.5 Å². The summed E-state index contributed by atoms with van der Waals surface area (Å²) in [4.78, 5) is 12.1. The average molecular weight is 331 g/mol. The van der Waals surface area contributed by atoms with E-state index in [-0.39, 0.29) is 24.5 Å². The molecule has 124 valence electrons. The molecule has 8 heteroatoms. The van der Waals surface area contributed by atoms with Gasteiger partial charge in [0.15, 0.2) is 0 Å². The van der Waals surface area contributed by atoms with Crippen molar-refractivity contribution in [2.75, 3.05) is 6.54 Å². The SMILES string of the molecule is O=C(NCC(O)c1ccc(O)cc1)c1cc2c(cc1F)COB2O. The van der Waals surface area contributed by atoms with Crippen molar-refractivity contribution in [1.29, 1.82) is 0 Å². The molecule has 1 aliphatic heterocycles. The van der Waals surface area contributed by atoms with Gasteiger partial charge in [-0.05, 0) is 40.9 Å². The molecular weight excluding hydrogens is 316 g/mol. The van der Waals surface area contributed by atoms with Crippen molar-refractivity contribution in [2.24, 2.45) is 0 Å². The first kappa shape index (κ1) is 16.4. The van der Waals surface area contributed by atoms with E-state index in [0.717, 1.165) is 6.07 Å². The molecule has 0 aliphatic carbocycles. The van der Waals surface area contributed by atoms with Gasteiger partial charge < -0.3 is 25.2 Å². The number of fused-ring (bicyclic) bond motifs is 1. The number of phenolic OH excluding ortho intramolecular Hbond substituents is 1. The van der Waals surface area contributed by atoms with Gasteiger partial charge in [0.25, 0.3) is 5.91 Å². The lowest BCUT2D eigenvalue weighted by atomic mass is 9.78. The Morgan fingerprint density at radius 3 is 2.75 bits per heavy atom. The summed E-state index contributed by atoms with van der Waals surface area (Å²) in [6.45, 7) is -0.0337. The molecule has 2 aromatic rings. The van der Waals surface area contributed by atoms with Gasteiger partial charge in [-0.3, -0.25) is 4.79 Å². The number of nitrogens with one attached hydrogen (secondary N) is 1. The van der Waals surface area contributed by atoms with Crippen LogP contribution in [0.15, 0.2) is 36.4 Å². The van der Waals surface area contributed by atoms with Crippen molar-refractivity contribution in [3.8, 4) is 5.75 Å². The molecule has 0 bridgehead atoms. The van der Waals surface area contributed by atoms with Gasteiger partial charge in [-0.15, -0.1) is 0 Å². The number of aliphatic hydroxyl groups excluding tert-OH is 1. The maximum atomic E-state index is 14.0. The third-order valence-electron chi connectivity index (χ3n) is 3.87. The van der Waals surface area contributed by atoms with Gasteiger partial charge >= 0.3 is 7.12 Å². The van der Waals surface area contributed by atoms with E-state index >= 15 is 0 Å². The predicted molar refractivity (Wildman–Crippen MR) is 84.2 cm³/mol. The van der Waals surface area contributed by atoms with E-state index in [2.05, 4.69) is 5.32 Å². The third-order valence-corrected chi connectivity index (χ3v) is 3.87. The van der Waals surface area contributed by atoms with Crippen molar-refractivity contribution in [1.82, 2.24) is 5.32 Å². The number of aliphatic hydroxyl groups is 1. The van der Waals surface area contributed by atoms with E-state index in [1.807, 2.05) is 0 Å². The van der Waals surface area contributed by atoms with Crippen LogP contribution in [0, 0.1) is 5.82 Å². The summed E-state index contributed by atoms with van der Waals surface area (Å²) < 4.78 is 19.0. The van der Waals surface area contributed by atoms with Crippen LogP contribution in [-0.2, 0) is 11.3 Å². The Labute approximate surface area is 137 Å². The molecule has 24 heavy (non-hydrogen) atoms. The predicted octanol–water partition coefficient (Wildman–Crippen LogP) is 0.212. The highest BCUT2D eigenvalue weighted by Crippen LogP contribution is 2.17. The summed E-state index contributed by atoms with van der Waals surface area (Å²) in [6, 6.07) is 8.30. The number of benzene rings is 2. The highest BCUT2D eigenvalue weighted by molar-refractivity contribution is 6.61. The fourth-order valence-electron chi connectivity index (χ4n) is 2.52. The maximum Gasteiger partial charge on any atom is 0.491 e. The average Bonchev–Trinajstić information content (AvgIpc) is 2.92. The van der Waals surface area contributed by atoms with Gasteiger partial charge in [-0.1, -0.05) is 12.1 Å². The number of halogens is 1. The van der Waals surface area contributed by atoms with Crippen LogP contribution in [0.25, 0.3) is 0 Å². The quantitative estimate of drug-likeness (QED) is 0.601. The topological polar surface area (TPSA) is 99.0 Å². The van der Waals surface area contributed by atoms with Gasteiger partial charge in [0.2, 0.25) is 0 Å². The fourth-order valence-corrected chi connectivity index (χ4v) is 2.52. The first-order chi connectivity index (χ1) is 11.5. The number of phenols is 1. The van der Waals surface area contributed by atoms with Gasteiger partial charge in [0.05, 0.1) is 18.3 Å². The number of rotatable bonds is 4. The van der Waals surface area contributed by atoms with Gasteiger partial charge in [-0.25, -0.2) is 4.39 Å². The van der Waals surface area contributed by atoms with Crippen LogP contribution in [0.2, 0.25) is 0 Å². The van der Waals surface area contributed by atoms with E-state index in [1.54, 1.807) is 0 Å². The second kappa shape index (κ2) is 6.60. The van der Waals surface area contributed by atoms with E-state index in [9.17, 15) is 24.4 Å². The molecule has 6 nitrogen and oxygen atoms in total. The van der Waals surface area contributed by atoms with Crippen molar-refractivity contribution in [3.63, 3.8) is 0 Å². The van der Waals surface area contributed by atoms with Crippen LogP contribution >= 0.6 is 0 Å². The molecular formula is C16H15BFNO5. The summed E-state index contributed by atoms with van der Waals surface area (Å²) >= 11 is 0. The van der Waals surface area contributed by atoms with Crippen molar-refractivity contribution < 1.29 is 29.1 Å². The maximum absolute atomic E-state index is 14.0. The Kier molecular flexibility index (Phi) is 4.52. The van der Waals surface area contributed by atoms with E-state index in [1.165, 1.54) is 30.3 Å². The summed E-state index contributed by atoms with van der Waals surface area (Å²) in [5.41, 5.74) is 1.14. The number of aromatic hydroxyl groups is 1. The van der Waals surface area contributed by atoms with Crippen LogP contribution in [-0.4, -0.2) is 34.8 Å². The summed E-state index contributed by atoms with van der Waals surface area (Å²) in [6.07, 6.45) is -0.999. The molecule has 4 N–H and O–H groups in total. The van der Waals surface area contributed by atoms with E-state index in [4.69, 9.17) is 4.65 Å². The zero-order chi connectivity index (χ0) is 17.3. The number of carbonyl (C=O) groups excluding carboxylic acids is 1. The highest BCUT2D eigenvalue weighted by Gasteiger charge is 2.30. The monoisotopic (exact) mass is 331 g/mol. The van der Waals surface area contributed by atoms with Crippen LogP contribution in [0.1, 0.15) is 27.6 Å². The van der Waals surface area contributed by atoms with Gasteiger partial charge in [0.1, 0.15) is 11.6 Å². The molecule has 1 atom stereocenters. The molecule has 1 heterocycles. The zero-order valence-electron chi connectivity index (χ0n) is 12.6. The number of hydrogen-bond donors (Lipinski definition) is 4. The molecule has 3 rings (SSSR count). The van der Waals surface area contributed by atoms with Gasteiger partial charge in [0, 0.05) is 6.54 Å². The van der Waals surface area contributed by atoms with Crippen LogP contribution in [0.3, 0.4) is 0 Å². The number of hydrogen-bond acceptors (Lipinski definition) is 5. The smallest absolute Gasteiger partial charge is 0.491 e. The van der Waals surface area contributed by atoms with Crippen molar-refractivity contribution in [3.05, 3.63) is 58.9 Å². The summed E-state index contributed by atoms with van der Waals surface area (Å²) in [5.74, 6) is -1.36. The molecule has 0 radical (unpaired) electrons. The number of amides is 1. The normalized spacial score (nSPS) is 14.4. The lowest BCUT2D eigenvalue weighted by molar-refractivity contribution is 0.0912. The lowest BCUT2D eigenvalue weighted by Gasteiger charge is -2.13. The Balaban J connectivity index is 1.69. The van der Waals surface area contributed by atoms with E-state index < -0.39 is 24.9 Å². The number of carbonyl (C=O) groups is 1. The zero-order valence-corrected chi connectivity index (χ0v) is 12.6. The molecule has 1 amide bonds. The van der Waals surface area contributed by atoms with Gasteiger partial charge in [-0.2, -0.15) is 0 Å². The van der Waals surface area contributed by atoms with E-state index in [0.29, 0.717) is 16.6 Å². The molecule has 0 aromatic heterocycles. The minimum absolute atomic E-state index is 0.0657. The second-order valence-electron chi connectivity index (χ2n) is 5.51. The molecule has 0 fully saturated rings. The first-order valence-corrected chi connectivity index (χ1v) is 7.33. The largest absolute Gasteiger partial charge is 0.508 e. The fraction of sp³-hybridized carbons (Fsp3) is 0.188. The Morgan fingerprint density at radius 1 is 1.33 bits per heavy atom. The molecule has 2 aromatic carbocycles. The second-order valence-corrected chi connectivity index (χ2v) is 5.51. The van der Waals surface area contributed by atoms with Crippen molar-refractivity contribution in [2.45, 2.75) is 12.7 Å². The molecule has 0 saturated heterocycles. The minimum atomic E-state index is -1.17. The third kappa shape index (κ3) is 3.26. The van der Waals surface area contributed by atoms with Crippen LogP contribution in [0.4, 0.5) is 4.39 Å². The Hall–Kier alpha value is -2.42.